The van der Waals surface area contributed by atoms with Crippen LogP contribution in [0.15, 0.2) is 83.6 Å². The predicted molar refractivity (Wildman–Crippen MR) is 139 cm³/mol. The van der Waals surface area contributed by atoms with E-state index in [0.29, 0.717) is 12.2 Å². The van der Waals surface area contributed by atoms with Gasteiger partial charge in [0.2, 0.25) is 11.8 Å². The molecule has 4 aromatic rings. The second-order valence-corrected chi connectivity index (χ2v) is 9.85. The van der Waals surface area contributed by atoms with Crippen molar-refractivity contribution in [2.75, 3.05) is 12.0 Å². The van der Waals surface area contributed by atoms with Crippen molar-refractivity contribution in [3.05, 3.63) is 104 Å². The normalized spacial score (nSPS) is 11.6. The summed E-state index contributed by atoms with van der Waals surface area (Å²) in [5.41, 5.74) is 2.68. The van der Waals surface area contributed by atoms with Gasteiger partial charge in [0, 0.05) is 22.0 Å². The molecule has 0 aliphatic carbocycles. The zero-order valence-corrected chi connectivity index (χ0v) is 20.7. The number of hydrogen-bond donors (Lipinski definition) is 1. The fourth-order valence-corrected chi connectivity index (χ4v) is 5.22. The van der Waals surface area contributed by atoms with Crippen LogP contribution in [0.5, 0.6) is 5.75 Å². The van der Waals surface area contributed by atoms with Crippen LogP contribution in [0, 0.1) is 6.92 Å². The first kappa shape index (κ1) is 23.7. The summed E-state index contributed by atoms with van der Waals surface area (Å²) in [6.07, 6.45) is 0.235. The van der Waals surface area contributed by atoms with Gasteiger partial charge >= 0.3 is 0 Å². The summed E-state index contributed by atoms with van der Waals surface area (Å²) < 4.78 is 5.21. The van der Waals surface area contributed by atoms with E-state index >= 15 is 0 Å². The number of hydrogen-bond acceptors (Lipinski definition) is 5. The highest BCUT2D eigenvalue weighted by atomic mass is 32.1. The Kier molecular flexibility index (Phi) is 7.77. The molecule has 2 aromatic heterocycles. The number of methoxy groups -OCH3 is 1. The topological polar surface area (TPSA) is 58.6 Å². The van der Waals surface area contributed by atoms with Crippen LogP contribution in [0.2, 0.25) is 0 Å². The lowest BCUT2D eigenvalue weighted by Crippen LogP contribution is -2.44. The number of nitrogens with one attached hydrogen (secondary N) is 1. The highest BCUT2D eigenvalue weighted by molar-refractivity contribution is 7.10. The maximum absolute atomic E-state index is 13.7. The van der Waals surface area contributed by atoms with Crippen LogP contribution in [-0.2, 0) is 22.6 Å². The summed E-state index contributed by atoms with van der Waals surface area (Å²) in [4.78, 5) is 30.7. The smallest absolute Gasteiger partial charge is 0.248 e. The number of anilines is 1. The van der Waals surface area contributed by atoms with Gasteiger partial charge < -0.3 is 10.1 Å². The van der Waals surface area contributed by atoms with Gasteiger partial charge in [-0.25, -0.2) is 0 Å². The Morgan fingerprint density at radius 1 is 0.971 bits per heavy atom. The Bertz CT molecular complexity index is 1220. The van der Waals surface area contributed by atoms with Gasteiger partial charge in [-0.3, -0.25) is 14.5 Å². The molecule has 1 unspecified atom stereocenters. The lowest BCUT2D eigenvalue weighted by atomic mass is 10.1. The largest absolute Gasteiger partial charge is 0.497 e. The van der Waals surface area contributed by atoms with E-state index < -0.39 is 6.04 Å². The number of ether oxygens (including phenoxy) is 1. The number of rotatable bonds is 9. The number of thiophene rings is 2. The van der Waals surface area contributed by atoms with Gasteiger partial charge in [-0.2, -0.15) is 0 Å². The standard InChI is InChI=1S/C27H26N2O3S2/c1-19-6-3-7-21(16-19)29(25(30)17-23-8-4-14-33-23)26(24-9-5-15-34-24)27(31)28-18-20-10-12-22(32-2)13-11-20/h3-16,26H,17-18H2,1-2H3,(H,28,31). The van der Waals surface area contributed by atoms with Crippen LogP contribution in [0.3, 0.4) is 0 Å². The predicted octanol–water partition coefficient (Wildman–Crippen LogP) is 5.76. The van der Waals surface area contributed by atoms with Crippen molar-refractivity contribution in [3.8, 4) is 5.75 Å². The molecule has 0 spiro atoms. The van der Waals surface area contributed by atoms with Crippen LogP contribution in [0.1, 0.15) is 26.9 Å². The van der Waals surface area contributed by atoms with E-state index in [-0.39, 0.29) is 18.2 Å². The zero-order valence-electron chi connectivity index (χ0n) is 19.1. The van der Waals surface area contributed by atoms with E-state index in [1.54, 1.807) is 12.0 Å². The second-order valence-electron chi connectivity index (χ2n) is 7.84. The summed E-state index contributed by atoms with van der Waals surface area (Å²) in [5.74, 6) is 0.418. The molecule has 1 atom stereocenters. The van der Waals surface area contributed by atoms with E-state index in [1.807, 2.05) is 90.5 Å². The van der Waals surface area contributed by atoms with E-state index in [1.165, 1.54) is 22.7 Å². The number of carbonyl (C=O) groups is 2. The fourth-order valence-electron chi connectivity index (χ4n) is 3.71. The molecule has 5 nitrogen and oxygen atoms in total. The summed E-state index contributed by atoms with van der Waals surface area (Å²) in [6, 6.07) is 22.2. The maximum Gasteiger partial charge on any atom is 0.248 e. The van der Waals surface area contributed by atoms with Gasteiger partial charge in [0.1, 0.15) is 11.8 Å². The van der Waals surface area contributed by atoms with Crippen molar-refractivity contribution in [2.24, 2.45) is 0 Å². The molecular formula is C27H26N2O3S2. The first-order chi connectivity index (χ1) is 16.5. The molecule has 174 valence electrons. The van der Waals surface area contributed by atoms with E-state index in [2.05, 4.69) is 5.32 Å². The van der Waals surface area contributed by atoms with Crippen LogP contribution >= 0.6 is 22.7 Å². The van der Waals surface area contributed by atoms with Gasteiger partial charge in [-0.1, -0.05) is 36.4 Å². The average Bonchev–Trinajstić information content (AvgIpc) is 3.56. The molecule has 1 N–H and O–H groups in total. The molecule has 2 aromatic carbocycles. The molecule has 7 heteroatoms. The van der Waals surface area contributed by atoms with Crippen LogP contribution < -0.4 is 15.0 Å². The van der Waals surface area contributed by atoms with E-state index in [9.17, 15) is 9.59 Å². The Morgan fingerprint density at radius 2 is 1.74 bits per heavy atom. The quantitative estimate of drug-likeness (QED) is 0.325. The van der Waals surface area contributed by atoms with Gasteiger partial charge in [-0.05, 0) is 65.2 Å². The number of amides is 2. The van der Waals surface area contributed by atoms with E-state index in [4.69, 9.17) is 4.74 Å². The highest BCUT2D eigenvalue weighted by Gasteiger charge is 2.33. The minimum Gasteiger partial charge on any atom is -0.497 e. The van der Waals surface area contributed by atoms with Gasteiger partial charge in [0.05, 0.1) is 13.5 Å². The number of aryl methyl sites for hydroxylation is 1. The third-order valence-electron chi connectivity index (χ3n) is 5.40. The number of carbonyl (C=O) groups excluding carboxylic acids is 2. The molecule has 0 bridgehead atoms. The minimum absolute atomic E-state index is 0.119. The van der Waals surface area contributed by atoms with Crippen molar-refractivity contribution < 1.29 is 14.3 Å². The summed E-state index contributed by atoms with van der Waals surface area (Å²) in [5, 5.41) is 6.92. The van der Waals surface area contributed by atoms with Crippen molar-refractivity contribution in [1.29, 1.82) is 0 Å². The molecule has 34 heavy (non-hydrogen) atoms. The monoisotopic (exact) mass is 490 g/mol. The molecule has 4 rings (SSSR count). The molecule has 2 heterocycles. The zero-order chi connectivity index (χ0) is 23.9. The minimum atomic E-state index is -0.771. The average molecular weight is 491 g/mol. The first-order valence-corrected chi connectivity index (χ1v) is 12.7. The van der Waals surface area contributed by atoms with Gasteiger partial charge in [-0.15, -0.1) is 22.7 Å². The van der Waals surface area contributed by atoms with Crippen molar-refractivity contribution in [1.82, 2.24) is 5.32 Å². The summed E-state index contributed by atoms with van der Waals surface area (Å²) in [7, 11) is 1.62. The summed E-state index contributed by atoms with van der Waals surface area (Å²) >= 11 is 3.01. The van der Waals surface area contributed by atoms with Crippen molar-refractivity contribution >= 4 is 40.2 Å². The van der Waals surface area contributed by atoms with Gasteiger partial charge in [0.15, 0.2) is 0 Å². The SMILES string of the molecule is COc1ccc(CNC(=O)C(c2cccs2)N(C(=O)Cc2cccs2)c2cccc(C)c2)cc1. The molecular weight excluding hydrogens is 464 g/mol. The molecule has 0 radical (unpaired) electrons. The second kappa shape index (κ2) is 11.1. The third-order valence-corrected chi connectivity index (χ3v) is 7.20. The highest BCUT2D eigenvalue weighted by Crippen LogP contribution is 2.32. The van der Waals surface area contributed by atoms with Crippen LogP contribution in [-0.4, -0.2) is 18.9 Å². The summed E-state index contributed by atoms with van der Waals surface area (Å²) in [6.45, 7) is 2.33. The first-order valence-electron chi connectivity index (χ1n) is 10.9. The fraction of sp³-hybridized carbons (Fsp3) is 0.185. The van der Waals surface area contributed by atoms with Gasteiger partial charge in [0.25, 0.3) is 0 Å². The molecule has 0 aliphatic rings. The lowest BCUT2D eigenvalue weighted by Gasteiger charge is -2.31. The van der Waals surface area contributed by atoms with E-state index in [0.717, 1.165) is 26.6 Å². The Hall–Kier alpha value is -3.42. The molecule has 0 saturated heterocycles. The molecule has 0 fully saturated rings. The Morgan fingerprint density at radius 3 is 2.38 bits per heavy atom. The van der Waals surface area contributed by atoms with Crippen molar-refractivity contribution in [3.63, 3.8) is 0 Å². The number of nitrogens with zero attached hydrogens (tertiary/aromatic N) is 1. The number of benzene rings is 2. The molecule has 0 saturated carbocycles. The Balaban J connectivity index is 1.65. The maximum atomic E-state index is 13.7. The molecule has 0 aliphatic heterocycles. The van der Waals surface area contributed by atoms with Crippen molar-refractivity contribution in [2.45, 2.75) is 25.9 Å². The lowest BCUT2D eigenvalue weighted by molar-refractivity contribution is -0.126. The van der Waals surface area contributed by atoms with Crippen LogP contribution in [0.4, 0.5) is 5.69 Å². The van der Waals surface area contributed by atoms with Crippen LogP contribution in [0.25, 0.3) is 0 Å². The third kappa shape index (κ3) is 5.73. The molecule has 2 amide bonds. The Labute approximate surface area is 207 Å².